The summed E-state index contributed by atoms with van der Waals surface area (Å²) < 4.78 is 27.7. The third-order valence-electron chi connectivity index (χ3n) is 4.37. The Hall–Kier alpha value is -2.09. The molecule has 3 aromatic rings. The largest absolute Gasteiger partial charge is 0.325 e. The van der Waals surface area contributed by atoms with Gasteiger partial charge in [-0.1, -0.05) is 64.6 Å². The molecule has 0 bridgehead atoms. The molecule has 0 saturated heterocycles. The number of carbonyl (C=O) groups is 1. The second kappa shape index (κ2) is 10.0. The van der Waals surface area contributed by atoms with Crippen molar-refractivity contribution in [3.63, 3.8) is 0 Å². The third kappa shape index (κ3) is 6.45. The summed E-state index contributed by atoms with van der Waals surface area (Å²) in [4.78, 5) is 12.8. The summed E-state index contributed by atoms with van der Waals surface area (Å²) in [6.07, 6.45) is 0. The lowest BCUT2D eigenvalue weighted by Crippen LogP contribution is -2.37. The van der Waals surface area contributed by atoms with E-state index in [9.17, 15) is 13.2 Å². The number of nitrogens with one attached hydrogen (secondary N) is 1. The van der Waals surface area contributed by atoms with Crippen LogP contribution < -0.4 is 5.32 Å². The minimum Gasteiger partial charge on any atom is -0.325 e. The Morgan fingerprint density at radius 2 is 1.55 bits per heavy atom. The van der Waals surface area contributed by atoms with Gasteiger partial charge in [0.25, 0.3) is 0 Å². The Labute approximate surface area is 196 Å². The van der Waals surface area contributed by atoms with Crippen molar-refractivity contribution in [2.24, 2.45) is 0 Å². The summed E-state index contributed by atoms with van der Waals surface area (Å²) >= 11 is 18.0. The van der Waals surface area contributed by atoms with E-state index in [-0.39, 0.29) is 11.4 Å². The van der Waals surface area contributed by atoms with Crippen molar-refractivity contribution in [3.05, 3.63) is 92.9 Å². The number of hydrogen-bond donors (Lipinski definition) is 1. The number of rotatable bonds is 7. The first kappa shape index (κ1) is 23.6. The monoisotopic (exact) mass is 496 g/mol. The fourth-order valence-corrected chi connectivity index (χ4v) is 5.03. The molecule has 5 nitrogen and oxygen atoms in total. The molecule has 0 aromatic heterocycles. The van der Waals surface area contributed by atoms with Crippen molar-refractivity contribution < 1.29 is 13.2 Å². The molecule has 1 N–H and O–H groups in total. The van der Waals surface area contributed by atoms with Crippen LogP contribution in [-0.2, 0) is 21.4 Å². The Morgan fingerprint density at radius 3 is 2.16 bits per heavy atom. The van der Waals surface area contributed by atoms with Crippen LogP contribution in [0.15, 0.2) is 71.6 Å². The van der Waals surface area contributed by atoms with Gasteiger partial charge in [-0.3, -0.25) is 4.79 Å². The summed E-state index contributed by atoms with van der Waals surface area (Å²) in [5.74, 6) is -0.531. The van der Waals surface area contributed by atoms with Crippen LogP contribution in [0.1, 0.15) is 11.1 Å². The molecule has 0 heterocycles. The minimum absolute atomic E-state index is 0.0273. The van der Waals surface area contributed by atoms with Crippen LogP contribution >= 0.6 is 34.8 Å². The highest BCUT2D eigenvalue weighted by atomic mass is 35.5. The first-order valence-corrected chi connectivity index (χ1v) is 11.8. The number of nitrogens with zero attached hydrogens (tertiary/aromatic N) is 1. The fourth-order valence-electron chi connectivity index (χ4n) is 2.91. The van der Waals surface area contributed by atoms with Gasteiger partial charge in [-0.05, 0) is 55.0 Å². The van der Waals surface area contributed by atoms with E-state index in [0.717, 1.165) is 9.87 Å². The van der Waals surface area contributed by atoms with Gasteiger partial charge in [0, 0.05) is 27.3 Å². The summed E-state index contributed by atoms with van der Waals surface area (Å²) in [7, 11) is -3.96. The van der Waals surface area contributed by atoms with Gasteiger partial charge in [-0.2, -0.15) is 4.31 Å². The Balaban J connectivity index is 1.89. The topological polar surface area (TPSA) is 66.5 Å². The highest BCUT2D eigenvalue weighted by molar-refractivity contribution is 7.89. The van der Waals surface area contributed by atoms with Crippen LogP contribution in [0.5, 0.6) is 0 Å². The summed E-state index contributed by atoms with van der Waals surface area (Å²) in [6.45, 7) is 1.43. The highest BCUT2D eigenvalue weighted by Gasteiger charge is 2.27. The number of aryl methyl sites for hydroxylation is 1. The molecule has 31 heavy (non-hydrogen) atoms. The Morgan fingerprint density at radius 1 is 0.903 bits per heavy atom. The van der Waals surface area contributed by atoms with Gasteiger partial charge in [0.15, 0.2) is 0 Å². The van der Waals surface area contributed by atoms with Gasteiger partial charge in [0.2, 0.25) is 15.9 Å². The van der Waals surface area contributed by atoms with E-state index >= 15 is 0 Å². The van der Waals surface area contributed by atoms with E-state index in [0.29, 0.717) is 26.3 Å². The summed E-state index contributed by atoms with van der Waals surface area (Å²) in [5.41, 5.74) is 1.95. The zero-order chi connectivity index (χ0) is 22.6. The number of amides is 1. The van der Waals surface area contributed by atoms with E-state index < -0.39 is 22.5 Å². The molecule has 0 saturated carbocycles. The van der Waals surface area contributed by atoms with Crippen molar-refractivity contribution >= 4 is 56.4 Å². The smallest absolute Gasteiger partial charge is 0.243 e. The van der Waals surface area contributed by atoms with Crippen molar-refractivity contribution in [2.75, 3.05) is 11.9 Å². The molecule has 3 rings (SSSR count). The van der Waals surface area contributed by atoms with E-state index in [2.05, 4.69) is 5.32 Å². The first-order chi connectivity index (χ1) is 14.6. The standard InChI is InChI=1S/C22H19Cl3N2O3S/c1-15-5-7-21(8-6-15)31(29,30)27(13-16-3-2-4-17(23)9-16)14-22(28)26-20-11-18(24)10-19(25)12-20/h2-12H,13-14H2,1H3,(H,26,28). The number of benzene rings is 3. The zero-order valence-corrected chi connectivity index (χ0v) is 19.6. The van der Waals surface area contributed by atoms with Crippen LogP contribution in [0.25, 0.3) is 0 Å². The molecular formula is C22H19Cl3N2O3S. The van der Waals surface area contributed by atoms with Crippen molar-refractivity contribution in [2.45, 2.75) is 18.4 Å². The molecule has 0 spiro atoms. The van der Waals surface area contributed by atoms with Gasteiger partial charge in [-0.15, -0.1) is 0 Å². The van der Waals surface area contributed by atoms with E-state index in [1.165, 1.54) is 30.3 Å². The molecule has 0 atom stereocenters. The molecule has 3 aromatic carbocycles. The lowest BCUT2D eigenvalue weighted by Gasteiger charge is -2.22. The van der Waals surface area contributed by atoms with E-state index in [4.69, 9.17) is 34.8 Å². The van der Waals surface area contributed by atoms with E-state index in [1.807, 2.05) is 6.92 Å². The summed E-state index contributed by atoms with van der Waals surface area (Å²) in [6, 6.07) is 17.9. The predicted octanol–water partition coefficient (Wildman–Crippen LogP) is 5.78. The highest BCUT2D eigenvalue weighted by Crippen LogP contribution is 2.24. The van der Waals surface area contributed by atoms with Gasteiger partial charge >= 0.3 is 0 Å². The lowest BCUT2D eigenvalue weighted by molar-refractivity contribution is -0.116. The quantitative estimate of drug-likeness (QED) is 0.449. The maximum Gasteiger partial charge on any atom is 0.243 e. The zero-order valence-electron chi connectivity index (χ0n) is 16.5. The van der Waals surface area contributed by atoms with Gasteiger partial charge in [0.1, 0.15) is 0 Å². The third-order valence-corrected chi connectivity index (χ3v) is 6.85. The summed E-state index contributed by atoms with van der Waals surface area (Å²) in [5, 5.41) is 3.82. The van der Waals surface area contributed by atoms with E-state index in [1.54, 1.807) is 36.4 Å². The second-order valence-corrected chi connectivity index (χ2v) is 10.2. The molecule has 1 amide bonds. The normalized spacial score (nSPS) is 11.5. The number of sulfonamides is 1. The number of hydrogen-bond acceptors (Lipinski definition) is 3. The molecule has 0 aliphatic rings. The SMILES string of the molecule is Cc1ccc(S(=O)(=O)N(CC(=O)Nc2cc(Cl)cc(Cl)c2)Cc2cccc(Cl)c2)cc1. The average molecular weight is 498 g/mol. The van der Waals surface area contributed by atoms with Crippen LogP contribution in [0, 0.1) is 6.92 Å². The maximum atomic E-state index is 13.3. The van der Waals surface area contributed by atoms with Crippen molar-refractivity contribution in [1.29, 1.82) is 0 Å². The molecule has 162 valence electrons. The molecular weight excluding hydrogens is 479 g/mol. The van der Waals surface area contributed by atoms with Crippen molar-refractivity contribution in [3.8, 4) is 0 Å². The van der Waals surface area contributed by atoms with Crippen LogP contribution in [0.2, 0.25) is 15.1 Å². The van der Waals surface area contributed by atoms with Gasteiger partial charge < -0.3 is 5.32 Å². The minimum atomic E-state index is -3.96. The Bertz CT molecular complexity index is 1180. The Kier molecular flexibility index (Phi) is 7.62. The molecule has 9 heteroatoms. The predicted molar refractivity (Wildman–Crippen MR) is 125 cm³/mol. The number of halogens is 3. The molecule has 0 radical (unpaired) electrons. The van der Waals surface area contributed by atoms with Gasteiger partial charge in [-0.25, -0.2) is 8.42 Å². The van der Waals surface area contributed by atoms with Crippen LogP contribution in [0.4, 0.5) is 5.69 Å². The fraction of sp³-hybridized carbons (Fsp3) is 0.136. The van der Waals surface area contributed by atoms with Crippen molar-refractivity contribution in [1.82, 2.24) is 4.31 Å². The molecule has 0 aliphatic heterocycles. The maximum absolute atomic E-state index is 13.3. The molecule has 0 fully saturated rings. The average Bonchev–Trinajstić information content (AvgIpc) is 2.67. The lowest BCUT2D eigenvalue weighted by atomic mass is 10.2. The van der Waals surface area contributed by atoms with Gasteiger partial charge in [0.05, 0.1) is 11.4 Å². The number of anilines is 1. The number of carbonyl (C=O) groups excluding carboxylic acids is 1. The van der Waals surface area contributed by atoms with Crippen LogP contribution in [-0.4, -0.2) is 25.2 Å². The molecule has 0 unspecified atom stereocenters. The second-order valence-electron chi connectivity index (χ2n) is 6.92. The first-order valence-electron chi connectivity index (χ1n) is 9.21. The molecule has 0 aliphatic carbocycles. The van der Waals surface area contributed by atoms with Crippen LogP contribution in [0.3, 0.4) is 0 Å².